The molecule has 6 heteroatoms. The molecule has 0 radical (unpaired) electrons. The molecule has 1 amide bonds. The lowest BCUT2D eigenvalue weighted by Gasteiger charge is -2.22. The van der Waals surface area contributed by atoms with E-state index in [1.54, 1.807) is 0 Å². The normalized spacial score (nSPS) is 17.8. The first-order valence-electron chi connectivity index (χ1n) is 8.61. The minimum atomic E-state index is 0. The Balaban J connectivity index is 0.00000208. The summed E-state index contributed by atoms with van der Waals surface area (Å²) in [6, 6.07) is 7.59. The highest BCUT2D eigenvalue weighted by Crippen LogP contribution is 2.27. The number of hydrogen-bond donors (Lipinski definition) is 2. The first kappa shape index (κ1) is 19.0. The molecular formula is C18H27ClN2O3. The average Bonchev–Trinajstić information content (AvgIpc) is 3.39. The molecule has 2 N–H and O–H groups in total. The van der Waals surface area contributed by atoms with Crippen LogP contribution in [0.1, 0.15) is 25.7 Å². The lowest BCUT2D eigenvalue weighted by Crippen LogP contribution is -2.29. The fraction of sp³-hybridized carbons (Fsp3) is 0.611. The van der Waals surface area contributed by atoms with E-state index in [1.165, 1.54) is 12.8 Å². The van der Waals surface area contributed by atoms with Crippen molar-refractivity contribution < 1.29 is 14.3 Å². The van der Waals surface area contributed by atoms with Gasteiger partial charge in [-0.3, -0.25) is 4.79 Å². The second kappa shape index (κ2) is 9.87. The number of hydrogen-bond acceptors (Lipinski definition) is 4. The van der Waals surface area contributed by atoms with Gasteiger partial charge < -0.3 is 20.1 Å². The largest absolute Gasteiger partial charge is 0.493 e. The average molecular weight is 355 g/mol. The van der Waals surface area contributed by atoms with Gasteiger partial charge in [-0.2, -0.15) is 0 Å². The molecule has 134 valence electrons. The fourth-order valence-corrected chi connectivity index (χ4v) is 2.68. The Morgan fingerprint density at radius 3 is 2.46 bits per heavy atom. The van der Waals surface area contributed by atoms with Crippen LogP contribution in [0.25, 0.3) is 0 Å². The Morgan fingerprint density at radius 2 is 1.79 bits per heavy atom. The zero-order chi connectivity index (χ0) is 15.9. The Kier molecular flexibility index (Phi) is 7.82. The third-order valence-corrected chi connectivity index (χ3v) is 4.38. The van der Waals surface area contributed by atoms with Crippen molar-refractivity contribution in [2.75, 3.05) is 38.2 Å². The lowest BCUT2D eigenvalue weighted by atomic mass is 10.0. The van der Waals surface area contributed by atoms with Gasteiger partial charge in [0.05, 0.1) is 13.2 Å². The van der Waals surface area contributed by atoms with E-state index < -0.39 is 0 Å². The third-order valence-electron chi connectivity index (χ3n) is 4.38. The van der Waals surface area contributed by atoms with Gasteiger partial charge >= 0.3 is 0 Å². The van der Waals surface area contributed by atoms with Crippen molar-refractivity contribution in [1.82, 2.24) is 5.32 Å². The number of ether oxygens (including phenoxy) is 2. The fourth-order valence-electron chi connectivity index (χ4n) is 2.68. The molecule has 1 heterocycles. The first-order valence-corrected chi connectivity index (χ1v) is 8.61. The standard InChI is InChI=1S/C18H26N2O3.ClH/c21-18(12-19-11-14-1-2-14)20-16-3-5-17(6-4-16)23-13-15-7-9-22-10-8-15;/h3-6,14-15,19H,1-2,7-13H2,(H,20,21);1H. The maximum Gasteiger partial charge on any atom is 0.238 e. The highest BCUT2D eigenvalue weighted by Gasteiger charge is 2.20. The van der Waals surface area contributed by atoms with Gasteiger partial charge in [-0.1, -0.05) is 0 Å². The van der Waals surface area contributed by atoms with Crippen LogP contribution in [0.3, 0.4) is 0 Å². The molecule has 0 spiro atoms. The summed E-state index contributed by atoms with van der Waals surface area (Å²) >= 11 is 0. The van der Waals surface area contributed by atoms with Crippen molar-refractivity contribution in [3.8, 4) is 5.75 Å². The van der Waals surface area contributed by atoms with Crippen molar-refractivity contribution in [2.24, 2.45) is 11.8 Å². The summed E-state index contributed by atoms with van der Waals surface area (Å²) in [7, 11) is 0. The number of rotatable bonds is 8. The van der Waals surface area contributed by atoms with E-state index >= 15 is 0 Å². The van der Waals surface area contributed by atoms with Gasteiger partial charge in [0.2, 0.25) is 5.91 Å². The molecule has 0 atom stereocenters. The van der Waals surface area contributed by atoms with Crippen LogP contribution in [-0.4, -0.2) is 38.8 Å². The van der Waals surface area contributed by atoms with Crippen LogP contribution in [0, 0.1) is 11.8 Å². The minimum Gasteiger partial charge on any atom is -0.493 e. The maximum absolute atomic E-state index is 11.8. The predicted molar refractivity (Wildman–Crippen MR) is 97.0 cm³/mol. The van der Waals surface area contributed by atoms with E-state index in [9.17, 15) is 4.79 Å². The number of carbonyl (C=O) groups excluding carboxylic acids is 1. The van der Waals surface area contributed by atoms with E-state index in [0.29, 0.717) is 12.5 Å². The van der Waals surface area contributed by atoms with Crippen LogP contribution in [0.15, 0.2) is 24.3 Å². The molecule has 1 aromatic carbocycles. The number of anilines is 1. The zero-order valence-electron chi connectivity index (χ0n) is 14.0. The summed E-state index contributed by atoms with van der Waals surface area (Å²) in [6.07, 6.45) is 4.73. The van der Waals surface area contributed by atoms with Crippen LogP contribution in [0.5, 0.6) is 5.75 Å². The Labute approximate surface area is 149 Å². The Bertz CT molecular complexity index is 499. The molecule has 1 saturated carbocycles. The SMILES string of the molecule is Cl.O=C(CNCC1CC1)Nc1ccc(OCC2CCOCC2)cc1. The van der Waals surface area contributed by atoms with E-state index in [2.05, 4.69) is 10.6 Å². The quantitative estimate of drug-likeness (QED) is 0.753. The van der Waals surface area contributed by atoms with Crippen molar-refractivity contribution in [2.45, 2.75) is 25.7 Å². The van der Waals surface area contributed by atoms with E-state index in [-0.39, 0.29) is 18.3 Å². The molecule has 1 aliphatic heterocycles. The van der Waals surface area contributed by atoms with Crippen LogP contribution >= 0.6 is 12.4 Å². The summed E-state index contributed by atoms with van der Waals surface area (Å²) in [6.45, 7) is 3.74. The summed E-state index contributed by atoms with van der Waals surface area (Å²) < 4.78 is 11.2. The van der Waals surface area contributed by atoms with E-state index in [0.717, 1.165) is 56.6 Å². The molecule has 0 aromatic heterocycles. The van der Waals surface area contributed by atoms with Crippen LogP contribution in [0.2, 0.25) is 0 Å². The second-order valence-electron chi connectivity index (χ2n) is 6.51. The molecule has 2 aliphatic rings. The summed E-state index contributed by atoms with van der Waals surface area (Å²) in [5.41, 5.74) is 0.807. The van der Waals surface area contributed by atoms with Crippen molar-refractivity contribution in [3.63, 3.8) is 0 Å². The second-order valence-corrected chi connectivity index (χ2v) is 6.51. The van der Waals surface area contributed by atoms with Crippen LogP contribution in [0.4, 0.5) is 5.69 Å². The van der Waals surface area contributed by atoms with Gasteiger partial charge in [-0.25, -0.2) is 0 Å². The molecule has 1 saturated heterocycles. The molecule has 2 fully saturated rings. The summed E-state index contributed by atoms with van der Waals surface area (Å²) in [4.78, 5) is 11.8. The smallest absolute Gasteiger partial charge is 0.238 e. The van der Waals surface area contributed by atoms with Gasteiger partial charge in [0.15, 0.2) is 0 Å². The first-order chi connectivity index (χ1) is 11.3. The highest BCUT2D eigenvalue weighted by atomic mass is 35.5. The number of carbonyl (C=O) groups is 1. The van der Waals surface area contributed by atoms with Crippen LogP contribution in [-0.2, 0) is 9.53 Å². The molecular weight excluding hydrogens is 328 g/mol. The van der Waals surface area contributed by atoms with Gasteiger partial charge in [-0.05, 0) is 68.3 Å². The molecule has 24 heavy (non-hydrogen) atoms. The van der Waals surface area contributed by atoms with E-state index in [4.69, 9.17) is 9.47 Å². The number of amides is 1. The molecule has 1 aromatic rings. The summed E-state index contributed by atoms with van der Waals surface area (Å²) in [5.74, 6) is 2.22. The lowest BCUT2D eigenvalue weighted by molar-refractivity contribution is -0.115. The maximum atomic E-state index is 11.8. The number of halogens is 1. The van der Waals surface area contributed by atoms with Gasteiger partial charge in [0.1, 0.15) is 5.75 Å². The topological polar surface area (TPSA) is 59.6 Å². The van der Waals surface area contributed by atoms with Gasteiger partial charge in [0.25, 0.3) is 0 Å². The molecule has 5 nitrogen and oxygen atoms in total. The number of benzene rings is 1. The molecule has 0 unspecified atom stereocenters. The molecule has 3 rings (SSSR count). The Hall–Kier alpha value is -1.30. The summed E-state index contributed by atoms with van der Waals surface area (Å²) in [5, 5.41) is 6.08. The van der Waals surface area contributed by atoms with Crippen molar-refractivity contribution >= 4 is 24.0 Å². The monoisotopic (exact) mass is 354 g/mol. The van der Waals surface area contributed by atoms with Crippen LogP contribution < -0.4 is 15.4 Å². The molecule has 1 aliphatic carbocycles. The Morgan fingerprint density at radius 1 is 1.08 bits per heavy atom. The predicted octanol–water partition coefficient (Wildman–Crippen LogP) is 2.85. The van der Waals surface area contributed by atoms with Crippen molar-refractivity contribution in [1.29, 1.82) is 0 Å². The highest BCUT2D eigenvalue weighted by molar-refractivity contribution is 5.92. The van der Waals surface area contributed by atoms with Crippen molar-refractivity contribution in [3.05, 3.63) is 24.3 Å². The van der Waals surface area contributed by atoms with Gasteiger partial charge in [0, 0.05) is 18.9 Å². The van der Waals surface area contributed by atoms with E-state index in [1.807, 2.05) is 24.3 Å². The zero-order valence-corrected chi connectivity index (χ0v) is 14.8. The minimum absolute atomic E-state index is 0. The number of nitrogens with one attached hydrogen (secondary N) is 2. The third kappa shape index (κ3) is 6.67. The van der Waals surface area contributed by atoms with Gasteiger partial charge in [-0.15, -0.1) is 12.4 Å². The molecule has 0 bridgehead atoms.